The first-order valence-corrected chi connectivity index (χ1v) is 15.4. The molecule has 45 heavy (non-hydrogen) atoms. The molecule has 3 heteroatoms. The molecule has 2 aromatic heterocycles. The van der Waals surface area contributed by atoms with E-state index in [0.29, 0.717) is 5.82 Å². The van der Waals surface area contributed by atoms with E-state index in [0.717, 1.165) is 50.3 Å². The van der Waals surface area contributed by atoms with E-state index in [-0.39, 0.29) is 5.41 Å². The van der Waals surface area contributed by atoms with Gasteiger partial charge in [-0.2, -0.15) is 0 Å². The summed E-state index contributed by atoms with van der Waals surface area (Å²) in [5, 5.41) is 0. The number of hydrogen-bond acceptors (Lipinski definition) is 3. The second-order valence-electron chi connectivity index (χ2n) is 12.2. The lowest BCUT2D eigenvalue weighted by atomic mass is 9.82. The van der Waals surface area contributed by atoms with Crippen molar-refractivity contribution in [2.45, 2.75) is 19.3 Å². The third kappa shape index (κ3) is 4.83. The van der Waals surface area contributed by atoms with Crippen LogP contribution in [0.4, 0.5) is 0 Å². The normalized spacial score (nSPS) is 12.8. The van der Waals surface area contributed by atoms with Gasteiger partial charge in [0.15, 0.2) is 5.82 Å². The number of benzene rings is 5. The maximum atomic E-state index is 5.15. The molecular formula is C42H31N3. The first kappa shape index (κ1) is 26.9. The Morgan fingerprint density at radius 3 is 1.67 bits per heavy atom. The summed E-state index contributed by atoms with van der Waals surface area (Å²) in [5.74, 6) is 0.690. The van der Waals surface area contributed by atoms with Gasteiger partial charge in [-0.1, -0.05) is 117 Å². The van der Waals surface area contributed by atoms with Gasteiger partial charge in [-0.05, 0) is 75.3 Å². The second kappa shape index (κ2) is 10.8. The zero-order chi connectivity index (χ0) is 30.4. The molecule has 1 aliphatic carbocycles. The summed E-state index contributed by atoms with van der Waals surface area (Å²) >= 11 is 0. The van der Waals surface area contributed by atoms with Gasteiger partial charge < -0.3 is 0 Å². The van der Waals surface area contributed by atoms with Gasteiger partial charge in [0.1, 0.15) is 0 Å². The van der Waals surface area contributed by atoms with Crippen molar-refractivity contribution in [1.29, 1.82) is 0 Å². The SMILES string of the molecule is CC1(C)c2ccccc2-c2cc(-c3cc(-c4cccnc4)cc(-c4nc(-c5ccccc5)cc(-c5ccccc5)n4)c3)ccc21. The van der Waals surface area contributed by atoms with Crippen LogP contribution in [0, 0.1) is 0 Å². The molecule has 0 fully saturated rings. The van der Waals surface area contributed by atoms with Crippen molar-refractivity contribution in [2.75, 3.05) is 0 Å². The van der Waals surface area contributed by atoms with E-state index in [1.807, 2.05) is 54.9 Å². The Bertz CT molecular complexity index is 2110. The van der Waals surface area contributed by atoms with Crippen LogP contribution in [0.5, 0.6) is 0 Å². The number of pyridine rings is 1. The van der Waals surface area contributed by atoms with Gasteiger partial charge in [-0.3, -0.25) is 4.98 Å². The molecule has 2 heterocycles. The summed E-state index contributed by atoms with van der Waals surface area (Å²) in [6.07, 6.45) is 3.73. The highest BCUT2D eigenvalue weighted by atomic mass is 14.9. The van der Waals surface area contributed by atoms with E-state index in [4.69, 9.17) is 9.97 Å². The molecule has 0 radical (unpaired) electrons. The van der Waals surface area contributed by atoms with Crippen molar-refractivity contribution < 1.29 is 0 Å². The first-order valence-electron chi connectivity index (χ1n) is 15.4. The standard InChI is InChI=1S/C42H31N3/c1-42(2)37-18-10-9-17-35(37)36-25-30(19-20-38(36)42)32-22-33(31-16-11-21-43-27-31)24-34(23-32)41-44-39(28-12-5-3-6-13-28)26-40(45-41)29-14-7-4-8-15-29/h3-27H,1-2H3. The van der Waals surface area contributed by atoms with Gasteiger partial charge in [0.25, 0.3) is 0 Å². The fourth-order valence-electron chi connectivity index (χ4n) is 6.61. The molecule has 0 N–H and O–H groups in total. The van der Waals surface area contributed by atoms with Crippen LogP contribution in [0.2, 0.25) is 0 Å². The summed E-state index contributed by atoms with van der Waals surface area (Å²) < 4.78 is 0. The van der Waals surface area contributed by atoms with Crippen molar-refractivity contribution in [2.24, 2.45) is 0 Å². The highest BCUT2D eigenvalue weighted by Crippen LogP contribution is 2.49. The molecule has 1 aliphatic rings. The number of nitrogens with zero attached hydrogens (tertiary/aromatic N) is 3. The molecule has 3 nitrogen and oxygen atoms in total. The predicted molar refractivity (Wildman–Crippen MR) is 185 cm³/mol. The molecule has 0 spiro atoms. The van der Waals surface area contributed by atoms with Gasteiger partial charge in [-0.15, -0.1) is 0 Å². The minimum Gasteiger partial charge on any atom is -0.264 e. The quantitative estimate of drug-likeness (QED) is 0.204. The van der Waals surface area contributed by atoms with Crippen LogP contribution in [0.15, 0.2) is 152 Å². The second-order valence-corrected chi connectivity index (χ2v) is 12.2. The summed E-state index contributed by atoms with van der Waals surface area (Å²) in [7, 11) is 0. The Balaban J connectivity index is 1.34. The molecule has 0 saturated carbocycles. The monoisotopic (exact) mass is 577 g/mol. The van der Waals surface area contributed by atoms with Crippen molar-refractivity contribution in [3.8, 4) is 67.3 Å². The molecule has 0 bridgehead atoms. The minimum absolute atomic E-state index is 0.0350. The summed E-state index contributed by atoms with van der Waals surface area (Å²) in [6, 6.07) is 49.2. The van der Waals surface area contributed by atoms with Crippen LogP contribution in [0.25, 0.3) is 67.3 Å². The van der Waals surface area contributed by atoms with Crippen molar-refractivity contribution in [1.82, 2.24) is 15.0 Å². The average Bonchev–Trinajstić information content (AvgIpc) is 3.34. The van der Waals surface area contributed by atoms with Gasteiger partial charge in [0, 0.05) is 40.1 Å². The zero-order valence-corrected chi connectivity index (χ0v) is 25.3. The lowest BCUT2D eigenvalue weighted by Gasteiger charge is -2.21. The first-order chi connectivity index (χ1) is 22.0. The minimum atomic E-state index is -0.0350. The smallest absolute Gasteiger partial charge is 0.160 e. The Labute approximate surface area is 264 Å². The van der Waals surface area contributed by atoms with E-state index in [1.54, 1.807) is 0 Å². The van der Waals surface area contributed by atoms with E-state index in [2.05, 4.69) is 116 Å². The molecular weight excluding hydrogens is 546 g/mol. The third-order valence-electron chi connectivity index (χ3n) is 8.97. The molecule has 0 unspecified atom stereocenters. The largest absolute Gasteiger partial charge is 0.264 e. The van der Waals surface area contributed by atoms with Gasteiger partial charge in [0.05, 0.1) is 11.4 Å². The highest BCUT2D eigenvalue weighted by Gasteiger charge is 2.35. The Morgan fingerprint density at radius 1 is 0.422 bits per heavy atom. The summed E-state index contributed by atoms with van der Waals surface area (Å²) in [4.78, 5) is 14.7. The Hall–Kier alpha value is -5.67. The van der Waals surface area contributed by atoms with Crippen LogP contribution in [0.3, 0.4) is 0 Å². The van der Waals surface area contributed by atoms with Gasteiger partial charge >= 0.3 is 0 Å². The molecule has 0 aliphatic heterocycles. The molecule has 214 valence electrons. The zero-order valence-electron chi connectivity index (χ0n) is 25.3. The van der Waals surface area contributed by atoms with Gasteiger partial charge in [0.2, 0.25) is 0 Å². The maximum absolute atomic E-state index is 5.15. The van der Waals surface area contributed by atoms with Crippen LogP contribution in [-0.4, -0.2) is 15.0 Å². The topological polar surface area (TPSA) is 38.7 Å². The van der Waals surface area contributed by atoms with E-state index in [1.165, 1.54) is 22.3 Å². The molecule has 0 amide bonds. The van der Waals surface area contributed by atoms with Crippen LogP contribution in [0.1, 0.15) is 25.0 Å². The van der Waals surface area contributed by atoms with Crippen molar-refractivity contribution in [3.05, 3.63) is 163 Å². The number of aromatic nitrogens is 3. The molecule has 7 aromatic rings. The average molecular weight is 578 g/mol. The van der Waals surface area contributed by atoms with Crippen molar-refractivity contribution >= 4 is 0 Å². The van der Waals surface area contributed by atoms with Crippen LogP contribution in [-0.2, 0) is 5.41 Å². The van der Waals surface area contributed by atoms with Crippen molar-refractivity contribution in [3.63, 3.8) is 0 Å². The molecule has 0 atom stereocenters. The molecule has 5 aromatic carbocycles. The molecule has 8 rings (SSSR count). The fraction of sp³-hybridized carbons (Fsp3) is 0.0714. The predicted octanol–water partition coefficient (Wildman–Crippen LogP) is 10.5. The highest BCUT2D eigenvalue weighted by molar-refractivity contribution is 5.87. The van der Waals surface area contributed by atoms with E-state index < -0.39 is 0 Å². The van der Waals surface area contributed by atoms with E-state index >= 15 is 0 Å². The van der Waals surface area contributed by atoms with Crippen LogP contribution < -0.4 is 0 Å². The Morgan fingerprint density at radius 2 is 1.00 bits per heavy atom. The number of fused-ring (bicyclic) bond motifs is 3. The summed E-state index contributed by atoms with van der Waals surface area (Å²) in [5.41, 5.74) is 14.6. The fourth-order valence-corrected chi connectivity index (χ4v) is 6.61. The lowest BCUT2D eigenvalue weighted by molar-refractivity contribution is 0.660. The Kier molecular flexibility index (Phi) is 6.46. The lowest BCUT2D eigenvalue weighted by Crippen LogP contribution is -2.14. The van der Waals surface area contributed by atoms with Crippen LogP contribution >= 0.6 is 0 Å². The number of rotatable bonds is 5. The summed E-state index contributed by atoms with van der Waals surface area (Å²) in [6.45, 7) is 4.64. The number of hydrogen-bond donors (Lipinski definition) is 0. The molecule has 0 saturated heterocycles. The van der Waals surface area contributed by atoms with E-state index in [9.17, 15) is 0 Å². The maximum Gasteiger partial charge on any atom is 0.160 e. The van der Waals surface area contributed by atoms with Gasteiger partial charge in [-0.25, -0.2) is 9.97 Å². The third-order valence-corrected chi connectivity index (χ3v) is 8.97.